The van der Waals surface area contributed by atoms with Gasteiger partial charge in [0, 0.05) is 11.6 Å². The first-order valence-electron chi connectivity index (χ1n) is 5.45. The number of aryl methyl sites for hydroxylation is 1. The van der Waals surface area contributed by atoms with Crippen LogP contribution < -0.4 is 0 Å². The summed E-state index contributed by atoms with van der Waals surface area (Å²) in [4.78, 5) is 15.6. The summed E-state index contributed by atoms with van der Waals surface area (Å²) in [6.07, 6.45) is 1.65. The summed E-state index contributed by atoms with van der Waals surface area (Å²) in [5.41, 5.74) is 3.92. The van der Waals surface area contributed by atoms with Crippen LogP contribution in [0.2, 0.25) is 0 Å². The molecule has 1 N–H and O–H groups in total. The summed E-state index contributed by atoms with van der Waals surface area (Å²) >= 11 is 0. The number of aromatic amines is 1. The van der Waals surface area contributed by atoms with Gasteiger partial charge < -0.3 is 4.98 Å². The van der Waals surface area contributed by atoms with Crippen LogP contribution in [0.25, 0.3) is 22.3 Å². The van der Waals surface area contributed by atoms with Gasteiger partial charge in [-0.25, -0.2) is 15.0 Å². The maximum atomic E-state index is 8.92. The van der Waals surface area contributed by atoms with E-state index < -0.39 is 0 Å². The molecule has 86 valence electrons. The van der Waals surface area contributed by atoms with Gasteiger partial charge in [-0.1, -0.05) is 6.07 Å². The zero-order valence-electron chi connectivity index (χ0n) is 9.68. The Hall–Kier alpha value is -2.74. The monoisotopic (exact) mass is 235 g/mol. The van der Waals surface area contributed by atoms with Gasteiger partial charge in [0.1, 0.15) is 17.6 Å². The van der Waals surface area contributed by atoms with Crippen LogP contribution >= 0.6 is 0 Å². The zero-order chi connectivity index (χ0) is 12.5. The number of fused-ring (bicyclic) bond motifs is 1. The van der Waals surface area contributed by atoms with E-state index >= 15 is 0 Å². The van der Waals surface area contributed by atoms with E-state index in [1.807, 2.05) is 24.3 Å². The molecule has 0 spiro atoms. The second kappa shape index (κ2) is 3.93. The molecular weight excluding hydrogens is 226 g/mol. The minimum Gasteiger partial charge on any atom is -0.345 e. The van der Waals surface area contributed by atoms with Crippen molar-refractivity contribution in [2.45, 2.75) is 6.92 Å². The van der Waals surface area contributed by atoms with Crippen molar-refractivity contribution in [3.63, 3.8) is 0 Å². The Labute approximate surface area is 103 Å². The van der Waals surface area contributed by atoms with Gasteiger partial charge in [0.25, 0.3) is 0 Å². The van der Waals surface area contributed by atoms with Crippen LogP contribution in [0.15, 0.2) is 30.6 Å². The van der Waals surface area contributed by atoms with Crippen LogP contribution in [-0.2, 0) is 0 Å². The molecule has 2 heterocycles. The van der Waals surface area contributed by atoms with E-state index in [4.69, 9.17) is 5.26 Å². The van der Waals surface area contributed by atoms with Crippen LogP contribution in [0.4, 0.5) is 0 Å². The molecule has 0 atom stereocenters. The Balaban J connectivity index is 2.19. The second-order valence-corrected chi connectivity index (χ2v) is 3.93. The molecule has 0 aliphatic carbocycles. The van der Waals surface area contributed by atoms with Gasteiger partial charge in [-0.15, -0.1) is 0 Å². The summed E-state index contributed by atoms with van der Waals surface area (Å²) < 4.78 is 0. The second-order valence-electron chi connectivity index (χ2n) is 3.93. The van der Waals surface area contributed by atoms with Crippen molar-refractivity contribution in [2.75, 3.05) is 0 Å². The van der Waals surface area contributed by atoms with Gasteiger partial charge >= 0.3 is 0 Å². The predicted molar refractivity (Wildman–Crippen MR) is 66.6 cm³/mol. The van der Waals surface area contributed by atoms with Crippen LogP contribution in [0.5, 0.6) is 0 Å². The van der Waals surface area contributed by atoms with Crippen LogP contribution in [0.1, 0.15) is 11.5 Å². The predicted octanol–water partition coefficient (Wildman–Crippen LogP) is 2.20. The molecule has 0 unspecified atom stereocenters. The smallest absolute Gasteiger partial charge is 0.144 e. The van der Waals surface area contributed by atoms with E-state index in [1.165, 1.54) is 0 Å². The summed E-state index contributed by atoms with van der Waals surface area (Å²) in [5.74, 6) is 0.591. The fraction of sp³-hybridized carbons (Fsp3) is 0.0769. The molecule has 0 saturated carbocycles. The van der Waals surface area contributed by atoms with Gasteiger partial charge in [0.15, 0.2) is 0 Å². The molecule has 3 rings (SSSR count). The molecule has 2 aromatic heterocycles. The third-order valence-corrected chi connectivity index (χ3v) is 2.67. The summed E-state index contributed by atoms with van der Waals surface area (Å²) in [5, 5.41) is 8.92. The normalized spacial score (nSPS) is 10.4. The fourth-order valence-electron chi connectivity index (χ4n) is 1.87. The largest absolute Gasteiger partial charge is 0.345 e. The first-order valence-corrected chi connectivity index (χ1v) is 5.45. The molecule has 18 heavy (non-hydrogen) atoms. The Morgan fingerprint density at radius 2 is 2.11 bits per heavy atom. The standard InChI is InChI=1S/C13H9N5/c1-8-17-10(6-14)5-12(18-8)9-2-3-11-13(4-9)16-7-15-11/h2-5,7H,1H3,(H,15,16). The molecule has 5 nitrogen and oxygen atoms in total. The van der Waals surface area contributed by atoms with Gasteiger partial charge in [-0.05, 0) is 19.1 Å². The van der Waals surface area contributed by atoms with Crippen LogP contribution in [0, 0.1) is 18.3 Å². The fourth-order valence-corrected chi connectivity index (χ4v) is 1.87. The number of H-pyrrole nitrogens is 1. The van der Waals surface area contributed by atoms with Crippen LogP contribution in [0.3, 0.4) is 0 Å². The van der Waals surface area contributed by atoms with Crippen molar-refractivity contribution in [1.29, 1.82) is 5.26 Å². The highest BCUT2D eigenvalue weighted by atomic mass is 14.9. The first kappa shape index (κ1) is 10.4. The van der Waals surface area contributed by atoms with E-state index in [1.54, 1.807) is 19.3 Å². The maximum absolute atomic E-state index is 8.92. The molecule has 0 aliphatic rings. The lowest BCUT2D eigenvalue weighted by molar-refractivity contribution is 1.04. The van der Waals surface area contributed by atoms with Crippen molar-refractivity contribution in [2.24, 2.45) is 0 Å². The number of imidazole rings is 1. The highest BCUT2D eigenvalue weighted by molar-refractivity contribution is 5.80. The third-order valence-electron chi connectivity index (χ3n) is 2.67. The van der Waals surface area contributed by atoms with Crippen molar-refractivity contribution < 1.29 is 0 Å². The quantitative estimate of drug-likeness (QED) is 0.701. The number of nitrogens with one attached hydrogen (secondary N) is 1. The lowest BCUT2D eigenvalue weighted by Crippen LogP contribution is -1.94. The number of rotatable bonds is 1. The maximum Gasteiger partial charge on any atom is 0.144 e. The Bertz CT molecular complexity index is 766. The molecule has 0 radical (unpaired) electrons. The van der Waals surface area contributed by atoms with Crippen molar-refractivity contribution in [3.8, 4) is 17.3 Å². The van der Waals surface area contributed by atoms with Crippen LogP contribution in [-0.4, -0.2) is 19.9 Å². The molecule has 0 bridgehead atoms. The number of hydrogen-bond acceptors (Lipinski definition) is 4. The van der Waals surface area contributed by atoms with Gasteiger partial charge in [-0.2, -0.15) is 5.26 Å². The van der Waals surface area contributed by atoms with E-state index in [-0.39, 0.29) is 0 Å². The lowest BCUT2D eigenvalue weighted by atomic mass is 10.1. The Morgan fingerprint density at radius 3 is 2.94 bits per heavy atom. The Kier molecular flexibility index (Phi) is 2.27. The SMILES string of the molecule is Cc1nc(C#N)cc(-c2ccc3nc[nH]c3c2)n1. The summed E-state index contributed by atoms with van der Waals surface area (Å²) in [6, 6.07) is 9.55. The van der Waals surface area contributed by atoms with Crippen molar-refractivity contribution >= 4 is 11.0 Å². The van der Waals surface area contributed by atoms with E-state index in [2.05, 4.69) is 19.9 Å². The van der Waals surface area contributed by atoms with E-state index in [9.17, 15) is 0 Å². The number of nitriles is 1. The number of nitrogens with zero attached hydrogens (tertiary/aromatic N) is 4. The van der Waals surface area contributed by atoms with Crippen molar-refractivity contribution in [1.82, 2.24) is 19.9 Å². The third kappa shape index (κ3) is 1.70. The Morgan fingerprint density at radius 1 is 1.22 bits per heavy atom. The first-order chi connectivity index (χ1) is 8.76. The highest BCUT2D eigenvalue weighted by Gasteiger charge is 2.05. The topological polar surface area (TPSA) is 78.2 Å². The zero-order valence-corrected chi connectivity index (χ0v) is 9.68. The van der Waals surface area contributed by atoms with Gasteiger partial charge in [0.05, 0.1) is 23.1 Å². The molecule has 0 amide bonds. The molecule has 0 saturated heterocycles. The molecule has 3 aromatic rings. The minimum absolute atomic E-state index is 0.377. The highest BCUT2D eigenvalue weighted by Crippen LogP contribution is 2.21. The summed E-state index contributed by atoms with van der Waals surface area (Å²) in [7, 11) is 0. The number of aromatic nitrogens is 4. The molecule has 5 heteroatoms. The average Bonchev–Trinajstić information content (AvgIpc) is 2.85. The van der Waals surface area contributed by atoms with E-state index in [0.717, 1.165) is 22.3 Å². The van der Waals surface area contributed by atoms with E-state index in [0.29, 0.717) is 11.5 Å². The minimum atomic E-state index is 0.377. The van der Waals surface area contributed by atoms with Gasteiger partial charge in [-0.3, -0.25) is 0 Å². The average molecular weight is 235 g/mol. The number of benzene rings is 1. The molecule has 0 aliphatic heterocycles. The summed E-state index contributed by atoms with van der Waals surface area (Å²) in [6.45, 7) is 1.78. The molecular formula is C13H9N5. The lowest BCUT2D eigenvalue weighted by Gasteiger charge is -2.02. The molecule has 0 fully saturated rings. The number of hydrogen-bond donors (Lipinski definition) is 1. The van der Waals surface area contributed by atoms with Gasteiger partial charge in [0.2, 0.25) is 0 Å². The molecule has 1 aromatic carbocycles. The van der Waals surface area contributed by atoms with Crippen molar-refractivity contribution in [3.05, 3.63) is 42.1 Å².